The highest BCUT2D eigenvalue weighted by molar-refractivity contribution is 5.97. The second-order valence-corrected chi connectivity index (χ2v) is 5.26. The molecule has 1 amide bonds. The summed E-state index contributed by atoms with van der Waals surface area (Å²) in [4.78, 5) is 13.3. The van der Waals surface area contributed by atoms with Crippen LogP contribution >= 0.6 is 0 Å². The number of amides is 1. The number of fused-ring (bicyclic) bond motifs is 1. The average Bonchev–Trinajstić information content (AvgIpc) is 2.34. The van der Waals surface area contributed by atoms with Crippen LogP contribution in [-0.4, -0.2) is 26.1 Å². The number of anilines is 1. The minimum Gasteiger partial charge on any atom is -0.482 e. The van der Waals surface area contributed by atoms with E-state index in [1.54, 1.807) is 11.9 Å². The second-order valence-electron chi connectivity index (χ2n) is 5.26. The lowest BCUT2D eigenvalue weighted by molar-refractivity contribution is -0.120. The van der Waals surface area contributed by atoms with E-state index in [0.29, 0.717) is 6.54 Å². The lowest BCUT2D eigenvalue weighted by Crippen LogP contribution is -2.42. The molecular formula is C14H18N2O2. The molecule has 0 unspecified atom stereocenters. The molecule has 0 aromatic heterocycles. The molecule has 96 valence electrons. The smallest absolute Gasteiger partial charge is 0.264 e. The summed E-state index contributed by atoms with van der Waals surface area (Å²) in [6, 6.07) is 6.12. The van der Waals surface area contributed by atoms with Crippen LogP contribution in [0.1, 0.15) is 24.8 Å². The molecule has 0 spiro atoms. The predicted octanol–water partition coefficient (Wildman–Crippen LogP) is 1.42. The number of ether oxygens (including phenoxy) is 1. The summed E-state index contributed by atoms with van der Waals surface area (Å²) in [5.74, 6) is 0.780. The third-order valence-electron chi connectivity index (χ3n) is 4.36. The summed E-state index contributed by atoms with van der Waals surface area (Å²) >= 11 is 0. The first-order valence-corrected chi connectivity index (χ1v) is 6.40. The lowest BCUT2D eigenvalue weighted by atomic mass is 9.64. The van der Waals surface area contributed by atoms with Gasteiger partial charge in [-0.15, -0.1) is 0 Å². The van der Waals surface area contributed by atoms with Crippen molar-refractivity contribution >= 4 is 11.6 Å². The van der Waals surface area contributed by atoms with E-state index >= 15 is 0 Å². The summed E-state index contributed by atoms with van der Waals surface area (Å²) in [5.41, 5.74) is 8.15. The van der Waals surface area contributed by atoms with Crippen molar-refractivity contribution in [3.63, 3.8) is 0 Å². The van der Waals surface area contributed by atoms with E-state index in [2.05, 4.69) is 12.1 Å². The van der Waals surface area contributed by atoms with Gasteiger partial charge in [-0.05, 0) is 30.5 Å². The van der Waals surface area contributed by atoms with Crippen LogP contribution in [0.2, 0.25) is 0 Å². The summed E-state index contributed by atoms with van der Waals surface area (Å²) in [6.07, 6.45) is 3.52. The SMILES string of the molecule is CN1C(=O)COc2ccc(C3(CN)CCC3)cc21. The topological polar surface area (TPSA) is 55.6 Å². The molecule has 1 aromatic carbocycles. The maximum Gasteiger partial charge on any atom is 0.264 e. The predicted molar refractivity (Wildman–Crippen MR) is 69.9 cm³/mol. The molecule has 1 heterocycles. The van der Waals surface area contributed by atoms with Crippen molar-refractivity contribution < 1.29 is 9.53 Å². The third-order valence-corrected chi connectivity index (χ3v) is 4.36. The van der Waals surface area contributed by atoms with Gasteiger partial charge in [0.1, 0.15) is 5.75 Å². The molecule has 1 aliphatic carbocycles. The Kier molecular flexibility index (Phi) is 2.55. The molecule has 1 aliphatic heterocycles. The average molecular weight is 246 g/mol. The molecule has 1 fully saturated rings. The molecule has 1 saturated carbocycles. The number of hydrogen-bond acceptors (Lipinski definition) is 3. The molecule has 1 aromatic rings. The first-order chi connectivity index (χ1) is 8.66. The zero-order chi connectivity index (χ0) is 12.8. The van der Waals surface area contributed by atoms with Gasteiger partial charge in [0.05, 0.1) is 5.69 Å². The van der Waals surface area contributed by atoms with Crippen molar-refractivity contribution in [2.24, 2.45) is 5.73 Å². The highest BCUT2D eigenvalue weighted by Crippen LogP contribution is 2.45. The normalized spacial score (nSPS) is 21.0. The first-order valence-electron chi connectivity index (χ1n) is 6.40. The van der Waals surface area contributed by atoms with Gasteiger partial charge >= 0.3 is 0 Å². The Bertz CT molecular complexity index is 489. The van der Waals surface area contributed by atoms with Gasteiger partial charge in [-0.3, -0.25) is 4.79 Å². The second kappa shape index (κ2) is 3.99. The molecule has 0 bridgehead atoms. The van der Waals surface area contributed by atoms with E-state index in [0.717, 1.165) is 24.3 Å². The van der Waals surface area contributed by atoms with Crippen molar-refractivity contribution in [1.82, 2.24) is 0 Å². The van der Waals surface area contributed by atoms with Crippen LogP contribution in [0.15, 0.2) is 18.2 Å². The summed E-state index contributed by atoms with van der Waals surface area (Å²) in [5, 5.41) is 0. The Morgan fingerprint density at radius 3 is 2.83 bits per heavy atom. The van der Waals surface area contributed by atoms with E-state index in [-0.39, 0.29) is 17.9 Å². The molecule has 4 nitrogen and oxygen atoms in total. The Hall–Kier alpha value is -1.55. The van der Waals surface area contributed by atoms with E-state index in [9.17, 15) is 4.79 Å². The Labute approximate surface area is 107 Å². The van der Waals surface area contributed by atoms with E-state index in [1.165, 1.54) is 12.0 Å². The third kappa shape index (κ3) is 1.52. The van der Waals surface area contributed by atoms with E-state index in [1.807, 2.05) is 6.07 Å². The molecule has 2 aliphatic rings. The quantitative estimate of drug-likeness (QED) is 0.858. The van der Waals surface area contributed by atoms with Gasteiger partial charge in [0.15, 0.2) is 6.61 Å². The van der Waals surface area contributed by atoms with Crippen molar-refractivity contribution in [3.8, 4) is 5.75 Å². The molecule has 0 saturated heterocycles. The summed E-state index contributed by atoms with van der Waals surface area (Å²) in [6.45, 7) is 0.801. The summed E-state index contributed by atoms with van der Waals surface area (Å²) in [7, 11) is 1.79. The molecule has 18 heavy (non-hydrogen) atoms. The number of nitrogens with zero attached hydrogens (tertiary/aromatic N) is 1. The molecule has 0 atom stereocenters. The molecule has 2 N–H and O–H groups in total. The molecule has 3 rings (SSSR count). The van der Waals surface area contributed by atoms with Crippen LogP contribution in [0.5, 0.6) is 5.75 Å². The van der Waals surface area contributed by atoms with Crippen LogP contribution in [0.25, 0.3) is 0 Å². The number of carbonyl (C=O) groups excluding carboxylic acids is 1. The lowest BCUT2D eigenvalue weighted by Gasteiger charge is -2.42. The minimum absolute atomic E-state index is 0.00458. The number of rotatable bonds is 2. The monoisotopic (exact) mass is 246 g/mol. The van der Waals surface area contributed by atoms with Crippen molar-refractivity contribution in [3.05, 3.63) is 23.8 Å². The van der Waals surface area contributed by atoms with Gasteiger partial charge in [-0.25, -0.2) is 0 Å². The maximum absolute atomic E-state index is 11.6. The van der Waals surface area contributed by atoms with Crippen molar-refractivity contribution in [2.45, 2.75) is 24.7 Å². The highest BCUT2D eigenvalue weighted by Gasteiger charge is 2.38. The van der Waals surface area contributed by atoms with Crippen molar-refractivity contribution in [1.29, 1.82) is 0 Å². The number of nitrogens with two attached hydrogens (primary N) is 1. The van der Waals surface area contributed by atoms with Crippen LogP contribution < -0.4 is 15.4 Å². The van der Waals surface area contributed by atoms with Gasteiger partial charge in [0.25, 0.3) is 5.91 Å². The fraction of sp³-hybridized carbons (Fsp3) is 0.500. The van der Waals surface area contributed by atoms with E-state index < -0.39 is 0 Å². The largest absolute Gasteiger partial charge is 0.482 e. The van der Waals surface area contributed by atoms with Gasteiger partial charge < -0.3 is 15.4 Å². The maximum atomic E-state index is 11.6. The van der Waals surface area contributed by atoms with E-state index in [4.69, 9.17) is 10.5 Å². The highest BCUT2D eigenvalue weighted by atomic mass is 16.5. The van der Waals surface area contributed by atoms with Crippen LogP contribution in [0.4, 0.5) is 5.69 Å². The van der Waals surface area contributed by atoms with Gasteiger partial charge in [-0.1, -0.05) is 12.5 Å². The fourth-order valence-electron chi connectivity index (χ4n) is 2.82. The molecule has 4 heteroatoms. The number of likely N-dealkylation sites (N-methyl/N-ethyl adjacent to an activating group) is 1. The minimum atomic E-state index is -0.00458. The standard InChI is InChI=1S/C14H18N2O2/c1-16-11-7-10(14(9-15)5-2-6-14)3-4-12(11)18-8-13(16)17/h3-4,7H,2,5-6,8-9,15H2,1H3. The number of carbonyl (C=O) groups is 1. The Morgan fingerprint density at radius 1 is 1.44 bits per heavy atom. The Morgan fingerprint density at radius 2 is 2.22 bits per heavy atom. The zero-order valence-corrected chi connectivity index (χ0v) is 10.6. The van der Waals surface area contributed by atoms with Crippen LogP contribution in [-0.2, 0) is 10.2 Å². The molecule has 0 radical (unpaired) electrons. The fourth-order valence-corrected chi connectivity index (χ4v) is 2.82. The Balaban J connectivity index is 2.02. The van der Waals surface area contributed by atoms with Gasteiger partial charge in [0.2, 0.25) is 0 Å². The number of benzene rings is 1. The first kappa shape index (κ1) is 11.5. The van der Waals surface area contributed by atoms with Crippen molar-refractivity contribution in [2.75, 3.05) is 25.1 Å². The zero-order valence-electron chi connectivity index (χ0n) is 10.6. The summed E-state index contributed by atoms with van der Waals surface area (Å²) < 4.78 is 5.44. The van der Waals surface area contributed by atoms with Gasteiger partial charge in [-0.2, -0.15) is 0 Å². The van der Waals surface area contributed by atoms with Crippen LogP contribution in [0, 0.1) is 0 Å². The molecular weight excluding hydrogens is 228 g/mol. The van der Waals surface area contributed by atoms with Gasteiger partial charge in [0, 0.05) is 19.0 Å². The number of hydrogen-bond donors (Lipinski definition) is 1. The van der Waals surface area contributed by atoms with Crippen LogP contribution in [0.3, 0.4) is 0 Å².